The van der Waals surface area contributed by atoms with Crippen LogP contribution in [0.25, 0.3) is 10.2 Å². The lowest BCUT2D eigenvalue weighted by molar-refractivity contribution is 0.0209. The highest BCUT2D eigenvalue weighted by atomic mass is 79.9. The molecule has 21 heavy (non-hydrogen) atoms. The molecular formula is C15H18BrN3OS. The summed E-state index contributed by atoms with van der Waals surface area (Å²) in [6.45, 7) is 6.12. The molecule has 2 aromatic rings. The Morgan fingerprint density at radius 1 is 1.24 bits per heavy atom. The maximum absolute atomic E-state index is 5.45. The molecule has 0 spiro atoms. The Kier molecular flexibility index (Phi) is 3.87. The average Bonchev–Trinajstić information content (AvgIpc) is 3.14. The van der Waals surface area contributed by atoms with E-state index in [1.54, 1.807) is 11.3 Å². The van der Waals surface area contributed by atoms with Gasteiger partial charge in [0.2, 0.25) is 0 Å². The van der Waals surface area contributed by atoms with Crippen molar-refractivity contribution in [2.75, 3.05) is 44.3 Å². The monoisotopic (exact) mass is 367 g/mol. The van der Waals surface area contributed by atoms with Crippen LogP contribution < -0.4 is 4.90 Å². The van der Waals surface area contributed by atoms with Crippen LogP contribution in [0.5, 0.6) is 0 Å². The first-order valence-corrected chi connectivity index (χ1v) is 9.03. The molecule has 2 aliphatic rings. The average molecular weight is 368 g/mol. The van der Waals surface area contributed by atoms with Crippen LogP contribution in [-0.4, -0.2) is 55.3 Å². The first-order valence-electron chi connectivity index (χ1n) is 7.42. The zero-order valence-corrected chi connectivity index (χ0v) is 14.2. The zero-order valence-electron chi connectivity index (χ0n) is 11.8. The molecule has 1 aromatic carbocycles. The number of rotatable bonds is 2. The second kappa shape index (κ2) is 5.83. The first kappa shape index (κ1) is 13.9. The molecule has 4 rings (SSSR count). The summed E-state index contributed by atoms with van der Waals surface area (Å²) in [4.78, 5) is 9.82. The minimum Gasteiger partial charge on any atom is -0.379 e. The molecule has 1 unspecified atom stereocenters. The molecule has 1 atom stereocenters. The summed E-state index contributed by atoms with van der Waals surface area (Å²) in [6.07, 6.45) is 1.24. The molecular weight excluding hydrogens is 350 g/mol. The largest absolute Gasteiger partial charge is 0.379 e. The Bertz CT molecular complexity index is 641. The fourth-order valence-corrected chi connectivity index (χ4v) is 4.73. The Hall–Kier alpha value is -0.690. The highest BCUT2D eigenvalue weighted by molar-refractivity contribution is 9.10. The minimum atomic E-state index is 0.660. The summed E-state index contributed by atoms with van der Waals surface area (Å²) in [5.74, 6) is 0. The number of morpholine rings is 1. The van der Waals surface area contributed by atoms with Gasteiger partial charge in [-0.2, -0.15) is 0 Å². The van der Waals surface area contributed by atoms with E-state index in [1.807, 2.05) is 0 Å². The lowest BCUT2D eigenvalue weighted by Gasteiger charge is -2.32. The smallest absolute Gasteiger partial charge is 0.186 e. The number of hydrogen-bond donors (Lipinski definition) is 0. The number of ether oxygens (including phenoxy) is 1. The van der Waals surface area contributed by atoms with Crippen molar-refractivity contribution in [3.05, 3.63) is 22.7 Å². The highest BCUT2D eigenvalue weighted by Crippen LogP contribution is 2.33. The van der Waals surface area contributed by atoms with E-state index in [-0.39, 0.29) is 0 Å². The van der Waals surface area contributed by atoms with Gasteiger partial charge in [-0.3, -0.25) is 4.90 Å². The van der Waals surface area contributed by atoms with E-state index in [1.165, 1.54) is 16.3 Å². The third-order valence-corrected chi connectivity index (χ3v) is 5.91. The molecule has 1 aromatic heterocycles. The molecule has 0 saturated carbocycles. The van der Waals surface area contributed by atoms with Gasteiger partial charge in [-0.25, -0.2) is 4.98 Å². The van der Waals surface area contributed by atoms with Crippen molar-refractivity contribution in [3.63, 3.8) is 0 Å². The first-order chi connectivity index (χ1) is 10.3. The van der Waals surface area contributed by atoms with E-state index in [4.69, 9.17) is 9.72 Å². The molecule has 0 N–H and O–H groups in total. The number of benzene rings is 1. The van der Waals surface area contributed by atoms with E-state index in [2.05, 4.69) is 43.9 Å². The summed E-state index contributed by atoms with van der Waals surface area (Å²) >= 11 is 5.33. The molecule has 2 fully saturated rings. The SMILES string of the molecule is Brc1ccc2nc(N3CCC(N4CCOCC4)C3)sc2c1. The maximum atomic E-state index is 5.45. The normalized spacial score (nSPS) is 24.0. The summed E-state index contributed by atoms with van der Waals surface area (Å²) in [5, 5.41) is 1.17. The van der Waals surface area contributed by atoms with E-state index < -0.39 is 0 Å². The van der Waals surface area contributed by atoms with Crippen molar-refractivity contribution in [2.45, 2.75) is 12.5 Å². The van der Waals surface area contributed by atoms with Gasteiger partial charge in [-0.1, -0.05) is 27.3 Å². The number of hydrogen-bond acceptors (Lipinski definition) is 5. The zero-order chi connectivity index (χ0) is 14.2. The Balaban J connectivity index is 1.50. The van der Waals surface area contributed by atoms with Gasteiger partial charge in [-0.05, 0) is 24.6 Å². The minimum absolute atomic E-state index is 0.660. The fraction of sp³-hybridized carbons (Fsp3) is 0.533. The number of nitrogens with zero attached hydrogens (tertiary/aromatic N) is 3. The molecule has 2 saturated heterocycles. The summed E-state index contributed by atoms with van der Waals surface area (Å²) < 4.78 is 7.83. The quantitative estimate of drug-likeness (QED) is 0.815. The number of halogens is 1. The molecule has 3 heterocycles. The Morgan fingerprint density at radius 3 is 2.95 bits per heavy atom. The van der Waals surface area contributed by atoms with Gasteiger partial charge in [0, 0.05) is 36.7 Å². The van der Waals surface area contributed by atoms with Gasteiger partial charge in [-0.15, -0.1) is 0 Å². The van der Waals surface area contributed by atoms with Crippen LogP contribution in [0.1, 0.15) is 6.42 Å². The molecule has 6 heteroatoms. The molecule has 0 amide bonds. The van der Waals surface area contributed by atoms with Crippen LogP contribution in [0.15, 0.2) is 22.7 Å². The molecule has 0 radical (unpaired) electrons. The van der Waals surface area contributed by atoms with Gasteiger partial charge in [0.15, 0.2) is 5.13 Å². The van der Waals surface area contributed by atoms with E-state index >= 15 is 0 Å². The second-order valence-electron chi connectivity index (χ2n) is 5.65. The van der Waals surface area contributed by atoms with Crippen molar-refractivity contribution in [3.8, 4) is 0 Å². The van der Waals surface area contributed by atoms with Crippen LogP contribution in [0.2, 0.25) is 0 Å². The Morgan fingerprint density at radius 2 is 2.10 bits per heavy atom. The fourth-order valence-electron chi connectivity index (χ4n) is 3.18. The topological polar surface area (TPSA) is 28.6 Å². The van der Waals surface area contributed by atoms with Crippen LogP contribution >= 0.6 is 27.3 Å². The van der Waals surface area contributed by atoms with Crippen LogP contribution in [-0.2, 0) is 4.74 Å². The van der Waals surface area contributed by atoms with Crippen molar-refractivity contribution in [2.24, 2.45) is 0 Å². The predicted molar refractivity (Wildman–Crippen MR) is 90.3 cm³/mol. The Labute approximate surface area is 136 Å². The van der Waals surface area contributed by atoms with Gasteiger partial charge < -0.3 is 9.64 Å². The summed E-state index contributed by atoms with van der Waals surface area (Å²) in [5.41, 5.74) is 1.10. The van der Waals surface area contributed by atoms with Gasteiger partial charge in [0.1, 0.15) is 0 Å². The second-order valence-corrected chi connectivity index (χ2v) is 7.57. The molecule has 2 aliphatic heterocycles. The van der Waals surface area contributed by atoms with Gasteiger partial charge >= 0.3 is 0 Å². The molecule has 0 bridgehead atoms. The maximum Gasteiger partial charge on any atom is 0.186 e. The predicted octanol–water partition coefficient (Wildman–Crippen LogP) is 2.97. The van der Waals surface area contributed by atoms with Crippen molar-refractivity contribution in [1.82, 2.24) is 9.88 Å². The number of fused-ring (bicyclic) bond motifs is 1. The van der Waals surface area contributed by atoms with Crippen LogP contribution in [0, 0.1) is 0 Å². The van der Waals surface area contributed by atoms with Crippen molar-refractivity contribution >= 4 is 42.6 Å². The van der Waals surface area contributed by atoms with Gasteiger partial charge in [0.05, 0.1) is 23.4 Å². The summed E-state index contributed by atoms with van der Waals surface area (Å²) in [7, 11) is 0. The van der Waals surface area contributed by atoms with Crippen LogP contribution in [0.3, 0.4) is 0 Å². The lowest BCUT2D eigenvalue weighted by atomic mass is 10.2. The number of thiazole rings is 1. The van der Waals surface area contributed by atoms with Gasteiger partial charge in [0.25, 0.3) is 0 Å². The molecule has 0 aliphatic carbocycles. The molecule has 112 valence electrons. The van der Waals surface area contributed by atoms with Crippen molar-refractivity contribution in [1.29, 1.82) is 0 Å². The number of anilines is 1. The standard InChI is InChI=1S/C15H18BrN3OS/c16-11-1-2-13-14(9-11)21-15(17-13)19-4-3-12(10-19)18-5-7-20-8-6-18/h1-2,9,12H,3-8,10H2. The van der Waals surface area contributed by atoms with E-state index in [0.29, 0.717) is 6.04 Å². The number of aromatic nitrogens is 1. The lowest BCUT2D eigenvalue weighted by Crippen LogP contribution is -2.44. The third kappa shape index (κ3) is 2.82. The molecule has 4 nitrogen and oxygen atoms in total. The highest BCUT2D eigenvalue weighted by Gasteiger charge is 2.30. The third-order valence-electron chi connectivity index (χ3n) is 4.34. The van der Waals surface area contributed by atoms with E-state index in [9.17, 15) is 0 Å². The van der Waals surface area contributed by atoms with Crippen molar-refractivity contribution < 1.29 is 4.74 Å². The van der Waals surface area contributed by atoms with Crippen LogP contribution in [0.4, 0.5) is 5.13 Å². The summed E-state index contributed by atoms with van der Waals surface area (Å²) in [6, 6.07) is 6.97. The van der Waals surface area contributed by atoms with E-state index in [0.717, 1.165) is 49.4 Å².